The first-order chi connectivity index (χ1) is 7.92. The topological polar surface area (TPSA) is 28.2 Å². The van der Waals surface area contributed by atoms with Crippen molar-refractivity contribution >= 4 is 0 Å². The van der Waals surface area contributed by atoms with Crippen molar-refractivity contribution in [2.24, 2.45) is 11.8 Å². The Bertz CT molecular complexity index is 338. The average Bonchev–Trinajstić information content (AvgIpc) is 2.77. The average molecular weight is 217 g/mol. The van der Waals surface area contributed by atoms with Gasteiger partial charge in [-0.25, -0.2) is 0 Å². The predicted octanol–water partition coefficient (Wildman–Crippen LogP) is 1.12. The van der Waals surface area contributed by atoms with E-state index in [1.165, 1.54) is 38.2 Å². The number of nitrogens with zero attached hydrogens (tertiary/aromatic N) is 2. The highest BCUT2D eigenvalue weighted by molar-refractivity contribution is 5.09. The summed E-state index contributed by atoms with van der Waals surface area (Å²) in [6.45, 7) is 6.07. The molecule has 0 aliphatic carbocycles. The fourth-order valence-corrected chi connectivity index (χ4v) is 3.00. The molecule has 2 atom stereocenters. The molecule has 3 heteroatoms. The van der Waals surface area contributed by atoms with E-state index in [1.807, 2.05) is 12.4 Å². The van der Waals surface area contributed by atoms with E-state index in [1.54, 1.807) is 0 Å². The lowest BCUT2D eigenvalue weighted by molar-refractivity contribution is 0.142. The monoisotopic (exact) mass is 217 g/mol. The van der Waals surface area contributed by atoms with Crippen LogP contribution in [0.5, 0.6) is 0 Å². The molecule has 0 saturated carbocycles. The zero-order chi connectivity index (χ0) is 10.8. The second-order valence-corrected chi connectivity index (χ2v) is 5.06. The molecule has 0 unspecified atom stereocenters. The molecule has 0 aromatic carbocycles. The van der Waals surface area contributed by atoms with Gasteiger partial charge in [0.15, 0.2) is 0 Å². The second kappa shape index (κ2) is 4.52. The summed E-state index contributed by atoms with van der Waals surface area (Å²) in [6.07, 6.45) is 5.14. The van der Waals surface area contributed by atoms with E-state index >= 15 is 0 Å². The van der Waals surface area contributed by atoms with Crippen LogP contribution in [-0.4, -0.2) is 36.1 Å². The summed E-state index contributed by atoms with van der Waals surface area (Å²) in [5, 5.41) is 3.51. The van der Waals surface area contributed by atoms with Gasteiger partial charge in [-0.15, -0.1) is 0 Å². The summed E-state index contributed by atoms with van der Waals surface area (Å²) in [5.74, 6) is 1.82. The summed E-state index contributed by atoms with van der Waals surface area (Å²) in [6, 6.07) is 4.25. The maximum atomic E-state index is 4.06. The van der Waals surface area contributed by atoms with Gasteiger partial charge in [-0.3, -0.25) is 9.88 Å². The van der Waals surface area contributed by atoms with E-state index in [-0.39, 0.29) is 0 Å². The van der Waals surface area contributed by atoms with Crippen molar-refractivity contribution in [1.29, 1.82) is 0 Å². The Labute approximate surface area is 96.9 Å². The van der Waals surface area contributed by atoms with Crippen LogP contribution in [0.4, 0.5) is 0 Å². The molecule has 2 aliphatic rings. The third-order valence-electron chi connectivity index (χ3n) is 3.94. The first-order valence-electron chi connectivity index (χ1n) is 6.24. The van der Waals surface area contributed by atoms with Gasteiger partial charge in [0.1, 0.15) is 0 Å². The smallest absolute Gasteiger partial charge is 0.0271 e. The van der Waals surface area contributed by atoms with Crippen LogP contribution in [0.25, 0.3) is 0 Å². The number of likely N-dealkylation sites (tertiary alicyclic amines) is 1. The van der Waals surface area contributed by atoms with Gasteiger partial charge in [0.05, 0.1) is 0 Å². The molecular formula is C13H19N3. The normalized spacial score (nSPS) is 30.2. The van der Waals surface area contributed by atoms with E-state index < -0.39 is 0 Å². The highest BCUT2D eigenvalue weighted by atomic mass is 15.1. The molecule has 3 heterocycles. The minimum Gasteiger partial charge on any atom is -0.316 e. The van der Waals surface area contributed by atoms with Gasteiger partial charge in [0, 0.05) is 25.5 Å². The minimum atomic E-state index is 0.885. The Morgan fingerprint density at radius 1 is 1.25 bits per heavy atom. The number of rotatable bonds is 2. The molecule has 3 rings (SSSR count). The lowest BCUT2D eigenvalue weighted by atomic mass is 9.88. The van der Waals surface area contributed by atoms with Crippen molar-refractivity contribution < 1.29 is 0 Å². The largest absolute Gasteiger partial charge is 0.316 e. The lowest BCUT2D eigenvalue weighted by Crippen LogP contribution is -2.39. The van der Waals surface area contributed by atoms with Crippen molar-refractivity contribution in [3.63, 3.8) is 0 Å². The van der Waals surface area contributed by atoms with Gasteiger partial charge in [-0.1, -0.05) is 0 Å². The first kappa shape index (κ1) is 10.2. The zero-order valence-corrected chi connectivity index (χ0v) is 9.60. The Balaban J connectivity index is 1.60. The molecule has 2 saturated heterocycles. The number of hydrogen-bond acceptors (Lipinski definition) is 3. The number of aromatic nitrogens is 1. The third-order valence-corrected chi connectivity index (χ3v) is 3.94. The number of piperidine rings is 1. The van der Waals surface area contributed by atoms with Crippen molar-refractivity contribution in [3.05, 3.63) is 30.1 Å². The molecular weight excluding hydrogens is 198 g/mol. The Hall–Kier alpha value is -0.930. The number of nitrogens with one attached hydrogen (secondary N) is 1. The molecule has 0 spiro atoms. The summed E-state index contributed by atoms with van der Waals surface area (Å²) >= 11 is 0. The summed E-state index contributed by atoms with van der Waals surface area (Å²) in [5.41, 5.74) is 1.39. The second-order valence-electron chi connectivity index (χ2n) is 5.06. The van der Waals surface area contributed by atoms with Crippen LogP contribution in [0.1, 0.15) is 12.0 Å². The molecule has 86 valence electrons. The van der Waals surface area contributed by atoms with Crippen molar-refractivity contribution in [3.8, 4) is 0 Å². The Kier molecular flexibility index (Phi) is 2.89. The van der Waals surface area contributed by atoms with Gasteiger partial charge in [0.25, 0.3) is 0 Å². The highest BCUT2D eigenvalue weighted by Crippen LogP contribution is 2.27. The molecule has 0 amide bonds. The van der Waals surface area contributed by atoms with Crippen molar-refractivity contribution in [2.75, 3.05) is 26.2 Å². The lowest BCUT2D eigenvalue weighted by Gasteiger charge is -2.34. The molecule has 1 aromatic heterocycles. The van der Waals surface area contributed by atoms with Crippen LogP contribution in [0.3, 0.4) is 0 Å². The van der Waals surface area contributed by atoms with Gasteiger partial charge in [-0.2, -0.15) is 0 Å². The number of hydrogen-bond donors (Lipinski definition) is 1. The van der Waals surface area contributed by atoms with Crippen LogP contribution < -0.4 is 5.32 Å². The SMILES string of the molecule is c1cc(CN2CC[C@@H]3CNC[C@@H]3C2)ccn1. The maximum Gasteiger partial charge on any atom is 0.0271 e. The molecule has 0 radical (unpaired) electrons. The zero-order valence-electron chi connectivity index (χ0n) is 9.60. The fourth-order valence-electron chi connectivity index (χ4n) is 3.00. The molecule has 0 bridgehead atoms. The standard InChI is InChI=1S/C13H19N3/c1-4-14-5-2-11(1)9-16-6-3-12-7-15-8-13(12)10-16/h1-2,4-5,12-13,15H,3,6-10H2/t12-,13-/m1/s1. The molecule has 2 fully saturated rings. The third kappa shape index (κ3) is 2.11. The van der Waals surface area contributed by atoms with E-state index in [9.17, 15) is 0 Å². The van der Waals surface area contributed by atoms with Gasteiger partial charge in [0.2, 0.25) is 0 Å². The van der Waals surface area contributed by atoms with E-state index in [0.29, 0.717) is 0 Å². The predicted molar refractivity (Wildman–Crippen MR) is 64.0 cm³/mol. The van der Waals surface area contributed by atoms with Gasteiger partial charge in [-0.05, 0) is 55.6 Å². The van der Waals surface area contributed by atoms with Crippen LogP contribution in [0, 0.1) is 11.8 Å². The maximum absolute atomic E-state index is 4.06. The highest BCUT2D eigenvalue weighted by Gasteiger charge is 2.32. The van der Waals surface area contributed by atoms with Crippen LogP contribution in [0.15, 0.2) is 24.5 Å². The van der Waals surface area contributed by atoms with E-state index in [2.05, 4.69) is 27.3 Å². The van der Waals surface area contributed by atoms with Crippen molar-refractivity contribution in [1.82, 2.24) is 15.2 Å². The van der Waals surface area contributed by atoms with Crippen LogP contribution in [-0.2, 0) is 6.54 Å². The van der Waals surface area contributed by atoms with Crippen LogP contribution in [0.2, 0.25) is 0 Å². The fraction of sp³-hybridized carbons (Fsp3) is 0.615. The van der Waals surface area contributed by atoms with E-state index in [4.69, 9.17) is 0 Å². The summed E-state index contributed by atoms with van der Waals surface area (Å²) < 4.78 is 0. The summed E-state index contributed by atoms with van der Waals surface area (Å²) in [4.78, 5) is 6.65. The van der Waals surface area contributed by atoms with E-state index in [0.717, 1.165) is 18.4 Å². The molecule has 16 heavy (non-hydrogen) atoms. The van der Waals surface area contributed by atoms with Crippen molar-refractivity contribution in [2.45, 2.75) is 13.0 Å². The quantitative estimate of drug-likeness (QED) is 0.804. The molecule has 3 nitrogen and oxygen atoms in total. The summed E-state index contributed by atoms with van der Waals surface area (Å²) in [7, 11) is 0. The van der Waals surface area contributed by atoms with Gasteiger partial charge < -0.3 is 5.32 Å². The number of pyridine rings is 1. The molecule has 1 N–H and O–H groups in total. The minimum absolute atomic E-state index is 0.885. The first-order valence-corrected chi connectivity index (χ1v) is 6.24. The van der Waals surface area contributed by atoms with Crippen LogP contribution >= 0.6 is 0 Å². The molecule has 2 aliphatic heterocycles. The Morgan fingerprint density at radius 2 is 2.06 bits per heavy atom. The molecule has 1 aromatic rings. The Morgan fingerprint density at radius 3 is 2.94 bits per heavy atom. The van der Waals surface area contributed by atoms with Gasteiger partial charge >= 0.3 is 0 Å². The number of fused-ring (bicyclic) bond motifs is 1.